The molecule has 2 aliphatic heterocycles. The molecule has 0 unspecified atom stereocenters. The van der Waals surface area contributed by atoms with Gasteiger partial charge in [-0.1, -0.05) is 74.4 Å². The van der Waals surface area contributed by atoms with E-state index in [1.165, 1.54) is 11.0 Å². The minimum Gasteiger partial charge on any atom is -0.488 e. The van der Waals surface area contributed by atoms with E-state index in [9.17, 15) is 24.3 Å². The fraction of sp³-hybridized carbons (Fsp3) is 0.410. The van der Waals surface area contributed by atoms with E-state index in [4.69, 9.17) is 9.72 Å². The van der Waals surface area contributed by atoms with Crippen LogP contribution in [0.25, 0.3) is 28.2 Å². The number of ether oxygens (including phenoxy) is 1. The molecule has 10 heteroatoms. The number of carbonyl (C=O) groups is 4. The Kier molecular flexibility index (Phi) is 10.1. The van der Waals surface area contributed by atoms with Gasteiger partial charge in [-0.05, 0) is 49.8 Å². The summed E-state index contributed by atoms with van der Waals surface area (Å²) in [5.41, 5.74) is 1.92. The molecule has 5 atom stereocenters. The summed E-state index contributed by atoms with van der Waals surface area (Å²) < 4.78 is 6.72. The minimum atomic E-state index is -1.45. The summed E-state index contributed by atoms with van der Waals surface area (Å²) >= 11 is 0. The number of amides is 3. The van der Waals surface area contributed by atoms with Crippen LogP contribution in [0, 0.1) is 5.92 Å². The molecule has 1 saturated carbocycles. The smallest absolute Gasteiger partial charge is 0.330 e. The Hall–Kier alpha value is -4.99. The van der Waals surface area contributed by atoms with Crippen molar-refractivity contribution in [2.24, 2.45) is 5.92 Å². The maximum atomic E-state index is 14.3. The SMILES string of the molecule is C=C[C@@H]1C[C@]1(NC(=O)[C@@H]1C[C@@H]2CN1C(=O)[C@H](CCCC)NC(=O)CCCC/C=C/c1ccc3nc(-c4ccccc4)cc(c3c1)O2)C(=O)O. The lowest BCUT2D eigenvalue weighted by molar-refractivity contribution is -0.146. The van der Waals surface area contributed by atoms with E-state index in [2.05, 4.69) is 29.4 Å². The van der Waals surface area contributed by atoms with Gasteiger partial charge in [0.25, 0.3) is 0 Å². The van der Waals surface area contributed by atoms with E-state index in [1.54, 1.807) is 0 Å². The predicted octanol–water partition coefficient (Wildman–Crippen LogP) is 5.66. The van der Waals surface area contributed by atoms with Gasteiger partial charge in [0.2, 0.25) is 17.7 Å². The molecule has 10 nitrogen and oxygen atoms in total. The molecule has 0 radical (unpaired) electrons. The monoisotopic (exact) mass is 664 g/mol. The van der Waals surface area contributed by atoms with Crippen molar-refractivity contribution in [2.45, 2.75) is 88.4 Å². The summed E-state index contributed by atoms with van der Waals surface area (Å²) in [4.78, 5) is 60.0. The molecule has 3 amide bonds. The fourth-order valence-corrected chi connectivity index (χ4v) is 6.94. The highest BCUT2D eigenvalue weighted by molar-refractivity contribution is 5.96. The molecule has 3 heterocycles. The van der Waals surface area contributed by atoms with Crippen molar-refractivity contribution in [2.75, 3.05) is 6.54 Å². The van der Waals surface area contributed by atoms with E-state index in [1.807, 2.05) is 61.5 Å². The van der Waals surface area contributed by atoms with Crippen LogP contribution in [0.15, 0.2) is 73.3 Å². The van der Waals surface area contributed by atoms with E-state index in [0.29, 0.717) is 25.0 Å². The van der Waals surface area contributed by atoms with Crippen molar-refractivity contribution in [3.63, 3.8) is 0 Å². The van der Waals surface area contributed by atoms with Crippen LogP contribution in [0.1, 0.15) is 70.3 Å². The Bertz CT molecular complexity index is 1770. The molecule has 1 aliphatic carbocycles. The molecule has 3 aromatic rings. The molecule has 2 fully saturated rings. The lowest BCUT2D eigenvalue weighted by Gasteiger charge is -2.29. The number of unbranched alkanes of at least 4 members (excludes halogenated alkanes) is 1. The van der Waals surface area contributed by atoms with E-state index >= 15 is 0 Å². The third kappa shape index (κ3) is 7.38. The Morgan fingerprint density at radius 1 is 1.16 bits per heavy atom. The van der Waals surface area contributed by atoms with Crippen molar-refractivity contribution in [1.82, 2.24) is 20.5 Å². The van der Waals surface area contributed by atoms with Gasteiger partial charge < -0.3 is 25.4 Å². The summed E-state index contributed by atoms with van der Waals surface area (Å²) in [5.74, 6) is -2.11. The lowest BCUT2D eigenvalue weighted by atomic mass is 10.1. The highest BCUT2D eigenvalue weighted by atomic mass is 16.5. The van der Waals surface area contributed by atoms with Crippen LogP contribution in [-0.4, -0.2) is 69.0 Å². The number of fused-ring (bicyclic) bond motifs is 3. The molecular weight excluding hydrogens is 620 g/mol. The van der Waals surface area contributed by atoms with E-state index in [0.717, 1.165) is 47.0 Å². The fourth-order valence-electron chi connectivity index (χ4n) is 6.94. The number of benzene rings is 2. The van der Waals surface area contributed by atoms with Gasteiger partial charge in [-0.15, -0.1) is 6.58 Å². The number of rotatable bonds is 8. The van der Waals surface area contributed by atoms with Crippen LogP contribution in [0.5, 0.6) is 5.75 Å². The van der Waals surface area contributed by atoms with Gasteiger partial charge in [0.05, 0.1) is 17.8 Å². The predicted molar refractivity (Wildman–Crippen MR) is 187 cm³/mol. The van der Waals surface area contributed by atoms with Gasteiger partial charge in [-0.25, -0.2) is 9.78 Å². The van der Waals surface area contributed by atoms with Crippen LogP contribution in [0.3, 0.4) is 0 Å². The standard InChI is InChI=1S/C39H44N4O6/c1-3-5-16-31-37(46)43-24-28(21-33(43)36(45)42-39(38(47)48)23-27(39)4-2)49-34-22-32(26-14-10-8-11-15-26)40-30-19-18-25(20-29(30)34)13-9-6-7-12-17-35(44)41-31/h4,8-11,13-15,18-20,22,27-28,31,33H,2-3,5-7,12,16-17,21,23-24H2,1H3,(H,41,44)(H,42,45)(H,47,48)/b13-9+/t27-,28-,31+,33+,39-/m1/s1. The Labute approximate surface area is 286 Å². The van der Waals surface area contributed by atoms with E-state index < -0.39 is 41.5 Å². The normalized spacial score (nSPS) is 26.3. The second-order valence-electron chi connectivity index (χ2n) is 13.4. The van der Waals surface area contributed by atoms with Gasteiger partial charge >= 0.3 is 5.97 Å². The van der Waals surface area contributed by atoms with Gasteiger partial charge in [0.15, 0.2) is 0 Å². The molecule has 49 heavy (non-hydrogen) atoms. The molecule has 0 spiro atoms. The van der Waals surface area contributed by atoms with Crippen LogP contribution in [0.2, 0.25) is 0 Å². The zero-order valence-electron chi connectivity index (χ0n) is 27.9. The molecular formula is C39H44N4O6. The second-order valence-corrected chi connectivity index (χ2v) is 13.4. The average Bonchev–Trinajstić information content (AvgIpc) is 3.67. The number of nitrogens with one attached hydrogen (secondary N) is 2. The van der Waals surface area contributed by atoms with E-state index in [-0.39, 0.29) is 37.6 Å². The van der Waals surface area contributed by atoms with Crippen LogP contribution in [0.4, 0.5) is 0 Å². The second kappa shape index (κ2) is 14.6. The van der Waals surface area contributed by atoms with Crippen LogP contribution < -0.4 is 15.4 Å². The first kappa shape index (κ1) is 33.9. The number of nitrogens with zero attached hydrogens (tertiary/aromatic N) is 2. The highest BCUT2D eigenvalue weighted by Gasteiger charge is 2.61. The van der Waals surface area contributed by atoms with Gasteiger partial charge in [0, 0.05) is 35.8 Å². The summed E-state index contributed by atoms with van der Waals surface area (Å²) in [6, 6.07) is 15.9. The number of carbonyl (C=O) groups excluding carboxylic acids is 3. The largest absolute Gasteiger partial charge is 0.488 e. The van der Waals surface area contributed by atoms with Crippen LogP contribution in [-0.2, 0) is 19.2 Å². The molecule has 3 N–H and O–H groups in total. The quantitative estimate of drug-likeness (QED) is 0.264. The van der Waals surface area contributed by atoms with Crippen LogP contribution >= 0.6 is 0 Å². The summed E-state index contributed by atoms with van der Waals surface area (Å²) in [6.07, 6.45) is 10.0. The third-order valence-corrected chi connectivity index (χ3v) is 9.85. The van der Waals surface area contributed by atoms with Gasteiger partial charge in [0.1, 0.15) is 29.5 Å². The Balaban J connectivity index is 1.39. The first-order valence-electron chi connectivity index (χ1n) is 17.3. The number of aliphatic carboxylic acids is 1. The Morgan fingerprint density at radius 2 is 1.98 bits per heavy atom. The van der Waals surface area contributed by atoms with Crippen molar-refractivity contribution in [3.05, 3.63) is 78.9 Å². The topological polar surface area (TPSA) is 138 Å². The highest BCUT2D eigenvalue weighted by Crippen LogP contribution is 2.45. The number of hydrogen-bond acceptors (Lipinski definition) is 6. The maximum absolute atomic E-state index is 14.3. The summed E-state index contributed by atoms with van der Waals surface area (Å²) in [6.45, 7) is 5.83. The van der Waals surface area contributed by atoms with Crippen molar-refractivity contribution in [3.8, 4) is 17.0 Å². The van der Waals surface area contributed by atoms with Crippen molar-refractivity contribution in [1.29, 1.82) is 0 Å². The maximum Gasteiger partial charge on any atom is 0.330 e. The minimum absolute atomic E-state index is 0.0878. The number of carboxylic acid groups (broad SMARTS) is 1. The number of carboxylic acids is 1. The zero-order valence-corrected chi connectivity index (χ0v) is 27.9. The van der Waals surface area contributed by atoms with Gasteiger partial charge in [-0.2, -0.15) is 0 Å². The molecule has 3 aliphatic rings. The van der Waals surface area contributed by atoms with Gasteiger partial charge in [-0.3, -0.25) is 14.4 Å². The first-order valence-corrected chi connectivity index (χ1v) is 17.3. The third-order valence-electron chi connectivity index (χ3n) is 9.85. The van der Waals surface area contributed by atoms with Crippen molar-refractivity contribution < 1.29 is 29.0 Å². The Morgan fingerprint density at radius 3 is 2.71 bits per heavy atom. The zero-order chi connectivity index (χ0) is 34.5. The average molecular weight is 665 g/mol. The number of aromatic nitrogens is 1. The number of pyridine rings is 1. The number of allylic oxidation sites excluding steroid dienone is 1. The first-order chi connectivity index (χ1) is 23.7. The number of hydrogen-bond donors (Lipinski definition) is 3. The lowest BCUT2D eigenvalue weighted by Crippen LogP contribution is -2.56. The summed E-state index contributed by atoms with van der Waals surface area (Å²) in [7, 11) is 0. The molecule has 1 aromatic heterocycles. The molecule has 4 bridgehead atoms. The van der Waals surface area contributed by atoms with Crippen molar-refractivity contribution >= 4 is 40.7 Å². The molecule has 1 saturated heterocycles. The molecule has 256 valence electrons. The summed E-state index contributed by atoms with van der Waals surface area (Å²) in [5, 5.41) is 16.5. The molecule has 2 aromatic carbocycles. The molecule has 6 rings (SSSR count).